The van der Waals surface area contributed by atoms with Crippen LogP contribution in [0.4, 0.5) is 19.0 Å². The maximum atomic E-state index is 13.0. The first-order valence-electron chi connectivity index (χ1n) is 10.7. The van der Waals surface area contributed by atoms with Crippen LogP contribution in [0, 0.1) is 12.8 Å². The minimum Gasteiger partial charge on any atom is -0.352 e. The molecule has 0 aliphatic carbocycles. The first-order chi connectivity index (χ1) is 15.6. The van der Waals surface area contributed by atoms with E-state index in [0.29, 0.717) is 39.3 Å². The van der Waals surface area contributed by atoms with Gasteiger partial charge in [0.05, 0.1) is 16.5 Å². The number of alkyl halides is 3. The van der Waals surface area contributed by atoms with Gasteiger partial charge in [0.2, 0.25) is 11.8 Å². The fourth-order valence-corrected chi connectivity index (χ4v) is 4.51. The summed E-state index contributed by atoms with van der Waals surface area (Å²) in [5.41, 5.74) is 1.27. The van der Waals surface area contributed by atoms with Crippen LogP contribution in [0.1, 0.15) is 23.1 Å². The summed E-state index contributed by atoms with van der Waals surface area (Å²) in [6.07, 6.45) is -3.55. The van der Waals surface area contributed by atoms with Crippen LogP contribution in [0.15, 0.2) is 36.5 Å². The molecule has 0 N–H and O–H groups in total. The van der Waals surface area contributed by atoms with Crippen molar-refractivity contribution < 1.29 is 22.8 Å². The number of aromatic nitrogens is 1. The monoisotopic (exact) mass is 480 g/mol. The number of rotatable bonds is 4. The molecule has 2 amide bonds. The number of likely N-dealkylation sites (tertiary alicyclic amines) is 1. The summed E-state index contributed by atoms with van der Waals surface area (Å²) in [6, 6.07) is 8.83. The lowest BCUT2D eigenvalue weighted by Gasteiger charge is -2.36. The van der Waals surface area contributed by atoms with E-state index in [9.17, 15) is 22.8 Å². The minimum atomic E-state index is -4.51. The Balaban J connectivity index is 1.33. The summed E-state index contributed by atoms with van der Waals surface area (Å²) in [5, 5.41) is -0.0715. The van der Waals surface area contributed by atoms with Gasteiger partial charge in [-0.3, -0.25) is 9.59 Å². The molecular weight excluding hydrogens is 457 g/mol. The van der Waals surface area contributed by atoms with E-state index in [-0.39, 0.29) is 35.0 Å². The molecule has 176 valence electrons. The number of hydrogen-bond donors (Lipinski definition) is 0. The summed E-state index contributed by atoms with van der Waals surface area (Å²) in [7, 11) is 0. The van der Waals surface area contributed by atoms with E-state index in [4.69, 9.17) is 11.6 Å². The maximum absolute atomic E-state index is 13.0. The molecule has 1 aromatic carbocycles. The van der Waals surface area contributed by atoms with Crippen molar-refractivity contribution in [3.05, 3.63) is 58.2 Å². The highest BCUT2D eigenvalue weighted by Crippen LogP contribution is 2.34. The van der Waals surface area contributed by atoms with Crippen LogP contribution in [-0.4, -0.2) is 59.3 Å². The van der Waals surface area contributed by atoms with Gasteiger partial charge in [-0.05, 0) is 18.6 Å². The molecular formula is C23H24ClF3N4O2. The second-order valence-electron chi connectivity index (χ2n) is 8.50. The van der Waals surface area contributed by atoms with E-state index >= 15 is 0 Å². The number of pyridine rings is 1. The van der Waals surface area contributed by atoms with Crippen LogP contribution in [-0.2, 0) is 22.3 Å². The van der Waals surface area contributed by atoms with Crippen LogP contribution in [0.2, 0.25) is 5.02 Å². The molecule has 0 spiro atoms. The van der Waals surface area contributed by atoms with E-state index in [1.165, 1.54) is 0 Å². The number of carbonyl (C=O) groups is 2. The van der Waals surface area contributed by atoms with Gasteiger partial charge in [0, 0.05) is 51.9 Å². The molecule has 0 saturated carbocycles. The van der Waals surface area contributed by atoms with Crippen LogP contribution < -0.4 is 4.90 Å². The van der Waals surface area contributed by atoms with E-state index < -0.39 is 11.7 Å². The van der Waals surface area contributed by atoms with E-state index in [0.717, 1.165) is 23.4 Å². The van der Waals surface area contributed by atoms with Gasteiger partial charge in [-0.25, -0.2) is 4.98 Å². The van der Waals surface area contributed by atoms with Crippen molar-refractivity contribution in [3.63, 3.8) is 0 Å². The Morgan fingerprint density at radius 3 is 2.42 bits per heavy atom. The highest BCUT2D eigenvalue weighted by Gasteiger charge is 2.38. The predicted molar refractivity (Wildman–Crippen MR) is 118 cm³/mol. The van der Waals surface area contributed by atoms with Gasteiger partial charge >= 0.3 is 6.18 Å². The number of anilines is 1. The Labute approximate surface area is 194 Å². The fourth-order valence-electron chi connectivity index (χ4n) is 4.22. The van der Waals surface area contributed by atoms with E-state index in [1.54, 1.807) is 14.7 Å². The van der Waals surface area contributed by atoms with Gasteiger partial charge in [0.25, 0.3) is 0 Å². The highest BCUT2D eigenvalue weighted by atomic mass is 35.5. The molecule has 4 rings (SSSR count). The van der Waals surface area contributed by atoms with Crippen LogP contribution >= 0.6 is 11.6 Å². The largest absolute Gasteiger partial charge is 0.417 e. The lowest BCUT2D eigenvalue weighted by Crippen LogP contribution is -2.51. The van der Waals surface area contributed by atoms with Gasteiger partial charge in [-0.1, -0.05) is 41.4 Å². The van der Waals surface area contributed by atoms with Crippen molar-refractivity contribution in [1.29, 1.82) is 0 Å². The van der Waals surface area contributed by atoms with E-state index in [2.05, 4.69) is 4.98 Å². The summed E-state index contributed by atoms with van der Waals surface area (Å²) < 4.78 is 38.5. The molecule has 1 aromatic heterocycles. The number of nitrogens with zero attached hydrogens (tertiary/aromatic N) is 4. The average molecular weight is 481 g/mol. The summed E-state index contributed by atoms with van der Waals surface area (Å²) in [4.78, 5) is 34.6. The first kappa shape index (κ1) is 23.4. The third kappa shape index (κ3) is 5.24. The van der Waals surface area contributed by atoms with Crippen LogP contribution in [0.25, 0.3) is 0 Å². The van der Waals surface area contributed by atoms with Gasteiger partial charge < -0.3 is 14.7 Å². The third-order valence-electron chi connectivity index (χ3n) is 6.10. The van der Waals surface area contributed by atoms with Gasteiger partial charge in [-0.15, -0.1) is 0 Å². The molecule has 6 nitrogen and oxygen atoms in total. The number of halogens is 4. The SMILES string of the molecule is Cc1ccc(CN2CC(C(=O)N3CCN(c4ncc(C(F)(F)F)cc4Cl)CC3)CC2=O)cc1. The molecule has 2 aromatic rings. The van der Waals surface area contributed by atoms with Gasteiger partial charge in [0.1, 0.15) is 5.82 Å². The predicted octanol–water partition coefficient (Wildman–Crippen LogP) is 3.76. The van der Waals surface area contributed by atoms with Gasteiger partial charge in [-0.2, -0.15) is 13.2 Å². The highest BCUT2D eigenvalue weighted by molar-refractivity contribution is 6.33. The van der Waals surface area contributed by atoms with Crippen molar-refractivity contribution in [3.8, 4) is 0 Å². The van der Waals surface area contributed by atoms with Gasteiger partial charge in [0.15, 0.2) is 0 Å². The Kier molecular flexibility index (Phi) is 6.52. The molecule has 2 saturated heterocycles. The molecule has 2 fully saturated rings. The Morgan fingerprint density at radius 1 is 1.15 bits per heavy atom. The molecule has 2 aliphatic heterocycles. The average Bonchev–Trinajstić information content (AvgIpc) is 3.14. The Morgan fingerprint density at radius 2 is 1.82 bits per heavy atom. The number of aryl methyl sites for hydroxylation is 1. The lowest BCUT2D eigenvalue weighted by atomic mass is 10.1. The van der Waals surface area contributed by atoms with Crippen molar-refractivity contribution in [2.24, 2.45) is 5.92 Å². The van der Waals surface area contributed by atoms with Crippen LogP contribution in [0.5, 0.6) is 0 Å². The summed E-state index contributed by atoms with van der Waals surface area (Å²) in [5.74, 6) is -0.214. The molecule has 0 bridgehead atoms. The molecule has 3 heterocycles. The molecule has 1 unspecified atom stereocenters. The minimum absolute atomic E-state index is 0.0340. The zero-order valence-electron chi connectivity index (χ0n) is 18.1. The number of piperazine rings is 1. The number of carbonyl (C=O) groups excluding carboxylic acids is 2. The van der Waals surface area contributed by atoms with Crippen LogP contribution in [0.3, 0.4) is 0 Å². The zero-order valence-corrected chi connectivity index (χ0v) is 18.9. The zero-order chi connectivity index (χ0) is 23.8. The van der Waals surface area contributed by atoms with Crippen molar-refractivity contribution in [2.75, 3.05) is 37.6 Å². The number of amides is 2. The molecule has 2 aliphatic rings. The second-order valence-corrected chi connectivity index (χ2v) is 8.91. The van der Waals surface area contributed by atoms with E-state index in [1.807, 2.05) is 31.2 Å². The van der Waals surface area contributed by atoms with Crippen molar-refractivity contribution >= 4 is 29.2 Å². The normalized spacial score (nSPS) is 19.4. The quantitative estimate of drug-likeness (QED) is 0.668. The lowest BCUT2D eigenvalue weighted by molar-refractivity contribution is -0.138. The van der Waals surface area contributed by atoms with Crippen molar-refractivity contribution in [2.45, 2.75) is 26.1 Å². The topological polar surface area (TPSA) is 56.8 Å². The number of hydrogen-bond acceptors (Lipinski definition) is 4. The summed E-state index contributed by atoms with van der Waals surface area (Å²) in [6.45, 7) is 4.45. The Bertz CT molecular complexity index is 1040. The molecule has 1 atom stereocenters. The third-order valence-corrected chi connectivity index (χ3v) is 6.38. The maximum Gasteiger partial charge on any atom is 0.417 e. The fraction of sp³-hybridized carbons (Fsp3) is 0.435. The van der Waals surface area contributed by atoms with Crippen molar-refractivity contribution in [1.82, 2.24) is 14.8 Å². The molecule has 0 radical (unpaired) electrons. The summed E-state index contributed by atoms with van der Waals surface area (Å²) >= 11 is 6.05. The Hall–Kier alpha value is -2.81. The molecule has 33 heavy (non-hydrogen) atoms. The number of benzene rings is 1. The molecule has 10 heteroatoms. The first-order valence-corrected chi connectivity index (χ1v) is 11.1. The smallest absolute Gasteiger partial charge is 0.352 e. The standard InChI is InChI=1S/C23H24ClF3N4O2/c1-15-2-4-16(5-3-15)13-31-14-17(10-20(31)32)22(33)30-8-6-29(7-9-30)21-19(24)11-18(12-28-21)23(25,26)27/h2-5,11-12,17H,6-10,13-14H2,1H3. The second kappa shape index (κ2) is 9.21.